The molecular formula is C13H13F3N2O4. The molecule has 0 radical (unpaired) electrons. The van der Waals surface area contributed by atoms with Crippen molar-refractivity contribution in [1.29, 1.82) is 0 Å². The molecule has 120 valence electrons. The Morgan fingerprint density at radius 3 is 2.68 bits per heavy atom. The fourth-order valence-corrected chi connectivity index (χ4v) is 2.40. The van der Waals surface area contributed by atoms with E-state index >= 15 is 0 Å². The number of hydrogen-bond donors (Lipinski definition) is 3. The van der Waals surface area contributed by atoms with Crippen molar-refractivity contribution in [3.8, 4) is 12.3 Å². The molecule has 0 spiro atoms. The number of carbonyl (C=O) groups is 1. The third-order valence-electron chi connectivity index (χ3n) is 3.55. The second kappa shape index (κ2) is 5.31. The molecule has 3 N–H and O–H groups in total. The molecular weight excluding hydrogens is 305 g/mol. The Bertz CT molecular complexity index is 569. The molecule has 0 aromatic heterocycles. The summed E-state index contributed by atoms with van der Waals surface area (Å²) < 4.78 is 45.0. The number of carbonyl (C=O) groups excluding carboxylic acids is 1. The van der Waals surface area contributed by atoms with Crippen molar-refractivity contribution in [3.05, 3.63) is 24.7 Å². The maximum atomic E-state index is 13.3. The van der Waals surface area contributed by atoms with Crippen LogP contribution in [0.25, 0.3) is 0 Å². The first-order chi connectivity index (χ1) is 10.2. The van der Waals surface area contributed by atoms with Gasteiger partial charge in [0.2, 0.25) is 0 Å². The summed E-state index contributed by atoms with van der Waals surface area (Å²) >= 11 is 0. The number of aliphatic hydroxyl groups excluding tert-OH is 2. The van der Waals surface area contributed by atoms with Gasteiger partial charge in [0.15, 0.2) is 11.8 Å². The summed E-state index contributed by atoms with van der Waals surface area (Å²) in [5.41, 5.74) is -2.19. The number of nitrogens with one attached hydrogen (secondary N) is 1. The molecule has 9 heteroatoms. The largest absolute Gasteiger partial charge is 0.398 e. The number of amides is 1. The van der Waals surface area contributed by atoms with Crippen molar-refractivity contribution < 1.29 is 32.9 Å². The van der Waals surface area contributed by atoms with Gasteiger partial charge in [0.05, 0.1) is 6.61 Å². The van der Waals surface area contributed by atoms with Gasteiger partial charge in [-0.1, -0.05) is 12.5 Å². The van der Waals surface area contributed by atoms with Gasteiger partial charge in [-0.05, 0) is 0 Å². The normalized spacial score (nSPS) is 35.5. The predicted octanol–water partition coefficient (Wildman–Crippen LogP) is -0.337. The Labute approximate surface area is 123 Å². The molecule has 2 heterocycles. The molecule has 1 amide bonds. The molecule has 0 unspecified atom stereocenters. The average Bonchev–Trinajstić information content (AvgIpc) is 2.72. The average molecular weight is 318 g/mol. The van der Waals surface area contributed by atoms with E-state index in [0.717, 1.165) is 17.2 Å². The predicted molar refractivity (Wildman–Crippen MR) is 67.3 cm³/mol. The van der Waals surface area contributed by atoms with Gasteiger partial charge < -0.3 is 25.2 Å². The van der Waals surface area contributed by atoms with Gasteiger partial charge >= 0.3 is 6.18 Å². The Morgan fingerprint density at radius 1 is 1.59 bits per heavy atom. The van der Waals surface area contributed by atoms with Gasteiger partial charge in [-0.15, -0.1) is 6.42 Å². The third kappa shape index (κ3) is 2.45. The zero-order chi connectivity index (χ0) is 16.7. The van der Waals surface area contributed by atoms with Gasteiger partial charge in [0.25, 0.3) is 5.91 Å². The van der Waals surface area contributed by atoms with E-state index in [9.17, 15) is 28.2 Å². The number of terminal acetylenes is 1. The molecule has 1 fully saturated rings. The number of alkyl halides is 3. The van der Waals surface area contributed by atoms with Crippen LogP contribution in [-0.4, -0.2) is 51.7 Å². The maximum Gasteiger partial charge on any atom is 0.398 e. The van der Waals surface area contributed by atoms with Crippen molar-refractivity contribution >= 4 is 5.91 Å². The van der Waals surface area contributed by atoms with E-state index < -0.39 is 42.5 Å². The minimum absolute atomic E-state index is 0.162. The van der Waals surface area contributed by atoms with E-state index in [1.54, 1.807) is 0 Å². The van der Waals surface area contributed by atoms with Crippen molar-refractivity contribution in [3.63, 3.8) is 0 Å². The fourth-order valence-electron chi connectivity index (χ4n) is 2.40. The molecule has 0 bridgehead atoms. The highest BCUT2D eigenvalue weighted by molar-refractivity contribution is 5.89. The third-order valence-corrected chi connectivity index (χ3v) is 3.55. The Hall–Kier alpha value is -2.02. The van der Waals surface area contributed by atoms with Crippen LogP contribution in [0.5, 0.6) is 0 Å². The SMILES string of the molecule is C#C[C@]1(CO)O[C@@H](N2C=CC(=O)NC2=C)[C@@H](C(F)(F)F)[C@@H]1O. The Morgan fingerprint density at radius 2 is 2.23 bits per heavy atom. The van der Waals surface area contributed by atoms with Crippen molar-refractivity contribution in [2.24, 2.45) is 5.92 Å². The second-order valence-corrected chi connectivity index (χ2v) is 4.87. The lowest BCUT2D eigenvalue weighted by atomic mass is 9.90. The zero-order valence-corrected chi connectivity index (χ0v) is 11.2. The Kier molecular flexibility index (Phi) is 3.95. The minimum atomic E-state index is -4.85. The number of aliphatic hydroxyl groups is 2. The van der Waals surface area contributed by atoms with Crippen LogP contribution in [0.2, 0.25) is 0 Å². The topological polar surface area (TPSA) is 82.0 Å². The molecule has 2 rings (SSSR count). The summed E-state index contributed by atoms with van der Waals surface area (Å²) in [5.74, 6) is -1.24. The molecule has 6 nitrogen and oxygen atoms in total. The molecule has 0 aromatic rings. The van der Waals surface area contributed by atoms with Gasteiger partial charge in [-0.3, -0.25) is 4.79 Å². The van der Waals surface area contributed by atoms with Crippen LogP contribution in [-0.2, 0) is 9.53 Å². The summed E-state index contributed by atoms with van der Waals surface area (Å²) in [6, 6.07) is 0. The van der Waals surface area contributed by atoms with Gasteiger partial charge in [0.1, 0.15) is 17.8 Å². The van der Waals surface area contributed by atoms with Crippen LogP contribution in [0.4, 0.5) is 13.2 Å². The molecule has 22 heavy (non-hydrogen) atoms. The van der Waals surface area contributed by atoms with E-state index in [2.05, 4.69) is 11.9 Å². The van der Waals surface area contributed by atoms with E-state index in [-0.39, 0.29) is 5.82 Å². The van der Waals surface area contributed by atoms with Crippen molar-refractivity contribution in [2.45, 2.75) is 24.1 Å². The van der Waals surface area contributed by atoms with E-state index in [1.165, 1.54) is 0 Å². The molecule has 2 aliphatic heterocycles. The van der Waals surface area contributed by atoms with Gasteiger partial charge in [-0.2, -0.15) is 13.2 Å². The standard InChI is InChI=1S/C13H13F3N2O4/c1-3-12(6-19)10(21)9(13(14,15)16)11(22-12)18-5-4-8(20)17-7(18)2/h1,4-5,9-11,19,21H,2,6H2,(H,17,20)/t9-,10-,11+,12+/m0/s1. The van der Waals surface area contributed by atoms with Crippen LogP contribution < -0.4 is 5.32 Å². The molecule has 0 aliphatic carbocycles. The summed E-state index contributed by atoms with van der Waals surface area (Å²) in [6.07, 6.45) is -1.65. The first kappa shape index (κ1) is 16.4. The molecule has 1 saturated heterocycles. The lowest BCUT2D eigenvalue weighted by molar-refractivity contribution is -0.213. The summed E-state index contributed by atoms with van der Waals surface area (Å²) in [6.45, 7) is 2.44. The highest BCUT2D eigenvalue weighted by atomic mass is 19.4. The van der Waals surface area contributed by atoms with Gasteiger partial charge in [-0.25, -0.2) is 0 Å². The van der Waals surface area contributed by atoms with Crippen LogP contribution in [0.1, 0.15) is 0 Å². The summed E-state index contributed by atoms with van der Waals surface area (Å²) in [4.78, 5) is 12.0. The van der Waals surface area contributed by atoms with E-state index in [1.807, 2.05) is 5.92 Å². The number of rotatable bonds is 2. The summed E-state index contributed by atoms with van der Waals surface area (Å²) in [7, 11) is 0. The zero-order valence-electron chi connectivity index (χ0n) is 11.2. The number of halogens is 3. The number of hydrogen-bond acceptors (Lipinski definition) is 5. The van der Waals surface area contributed by atoms with Crippen LogP contribution in [0.15, 0.2) is 24.7 Å². The lowest BCUT2D eigenvalue weighted by Gasteiger charge is -2.34. The molecule has 4 atom stereocenters. The molecule has 0 aromatic carbocycles. The fraction of sp³-hybridized carbons (Fsp3) is 0.462. The first-order valence-corrected chi connectivity index (χ1v) is 6.14. The maximum absolute atomic E-state index is 13.3. The van der Waals surface area contributed by atoms with Crippen LogP contribution >= 0.6 is 0 Å². The van der Waals surface area contributed by atoms with E-state index in [4.69, 9.17) is 11.2 Å². The second-order valence-electron chi connectivity index (χ2n) is 4.87. The van der Waals surface area contributed by atoms with E-state index in [0.29, 0.717) is 0 Å². The monoisotopic (exact) mass is 318 g/mol. The number of nitrogens with zero attached hydrogens (tertiary/aromatic N) is 1. The summed E-state index contributed by atoms with van der Waals surface area (Å²) in [5, 5.41) is 21.4. The van der Waals surface area contributed by atoms with Crippen LogP contribution in [0, 0.1) is 18.3 Å². The van der Waals surface area contributed by atoms with Gasteiger partial charge in [0, 0.05) is 12.3 Å². The lowest BCUT2D eigenvalue weighted by Crippen LogP contribution is -2.49. The van der Waals surface area contributed by atoms with Crippen LogP contribution in [0.3, 0.4) is 0 Å². The first-order valence-electron chi connectivity index (χ1n) is 6.14. The number of ether oxygens (including phenoxy) is 1. The highest BCUT2D eigenvalue weighted by Gasteiger charge is 2.64. The molecule has 2 aliphatic rings. The van der Waals surface area contributed by atoms with Crippen molar-refractivity contribution in [1.82, 2.24) is 10.2 Å². The smallest absolute Gasteiger partial charge is 0.392 e. The molecule has 0 saturated carbocycles. The quantitative estimate of drug-likeness (QED) is 0.607. The minimum Gasteiger partial charge on any atom is -0.392 e. The van der Waals surface area contributed by atoms with Crippen molar-refractivity contribution in [2.75, 3.05) is 6.61 Å². The highest BCUT2D eigenvalue weighted by Crippen LogP contribution is 2.46. The Balaban J connectivity index is 2.45.